The van der Waals surface area contributed by atoms with Gasteiger partial charge < -0.3 is 0 Å². The molecule has 5 heteroatoms. The van der Waals surface area contributed by atoms with Crippen LogP contribution in [0.2, 0.25) is 15.1 Å². The topological polar surface area (TPSA) is 12.9 Å². The summed E-state index contributed by atoms with van der Waals surface area (Å²) in [6.45, 7) is 0. The molecule has 0 aliphatic carbocycles. The predicted molar refractivity (Wildman–Crippen MR) is 90.0 cm³/mol. The molecule has 0 saturated carbocycles. The molecule has 0 bridgehead atoms. The van der Waals surface area contributed by atoms with Gasteiger partial charge in [0.15, 0.2) is 0 Å². The molecule has 0 atom stereocenters. The fourth-order valence-electron chi connectivity index (χ4n) is 1.81. The fraction of sp³-hybridized carbons (Fsp3) is 0. The average molecular weight is 341 g/mol. The molecular weight excluding hydrogens is 333 g/mol. The van der Waals surface area contributed by atoms with Crippen LogP contribution in [0.4, 0.5) is 0 Å². The zero-order valence-electron chi connectivity index (χ0n) is 10.1. The summed E-state index contributed by atoms with van der Waals surface area (Å²) >= 11 is 19.9. The number of nitrogens with zero attached hydrogens (tertiary/aromatic N) is 1. The van der Waals surface area contributed by atoms with E-state index in [1.54, 1.807) is 23.5 Å². The van der Waals surface area contributed by atoms with E-state index < -0.39 is 0 Å². The lowest BCUT2D eigenvalue weighted by Gasteiger charge is -2.02. The standard InChI is InChI=1S/C15H8Cl3NS/c16-10-6-7-11(17)15(18)9(10)5-8-14-19-12-3-1-2-4-13(12)20-14/h1-8H. The molecule has 0 aliphatic heterocycles. The molecule has 0 N–H and O–H groups in total. The Morgan fingerprint density at radius 1 is 0.900 bits per heavy atom. The summed E-state index contributed by atoms with van der Waals surface area (Å²) in [7, 11) is 0. The van der Waals surface area contributed by atoms with Gasteiger partial charge in [0, 0.05) is 10.6 Å². The summed E-state index contributed by atoms with van der Waals surface area (Å²) in [6.07, 6.45) is 3.74. The Hall–Kier alpha value is -1.06. The van der Waals surface area contributed by atoms with Crippen LogP contribution in [0.5, 0.6) is 0 Å². The van der Waals surface area contributed by atoms with E-state index in [2.05, 4.69) is 4.98 Å². The molecule has 0 saturated heterocycles. The zero-order chi connectivity index (χ0) is 14.1. The average Bonchev–Trinajstić information content (AvgIpc) is 2.86. The van der Waals surface area contributed by atoms with Gasteiger partial charge in [-0.2, -0.15) is 0 Å². The van der Waals surface area contributed by atoms with Gasteiger partial charge in [0.2, 0.25) is 0 Å². The van der Waals surface area contributed by atoms with Gasteiger partial charge in [0.05, 0.1) is 20.3 Å². The van der Waals surface area contributed by atoms with Gasteiger partial charge in [-0.25, -0.2) is 4.98 Å². The minimum Gasteiger partial charge on any atom is -0.237 e. The molecule has 1 nitrogen and oxygen atoms in total. The van der Waals surface area contributed by atoms with Gasteiger partial charge in [0.25, 0.3) is 0 Å². The van der Waals surface area contributed by atoms with E-state index in [1.165, 1.54) is 0 Å². The summed E-state index contributed by atoms with van der Waals surface area (Å²) in [5.74, 6) is 0. The Balaban J connectivity index is 2.00. The minimum atomic E-state index is 0.455. The Labute approximate surface area is 135 Å². The van der Waals surface area contributed by atoms with E-state index in [4.69, 9.17) is 34.8 Å². The van der Waals surface area contributed by atoms with E-state index in [1.807, 2.05) is 36.4 Å². The van der Waals surface area contributed by atoms with Crippen LogP contribution in [0.25, 0.3) is 22.4 Å². The number of halogens is 3. The van der Waals surface area contributed by atoms with Crippen molar-refractivity contribution in [2.24, 2.45) is 0 Å². The lowest BCUT2D eigenvalue weighted by atomic mass is 10.2. The first-order valence-electron chi connectivity index (χ1n) is 5.82. The van der Waals surface area contributed by atoms with Crippen molar-refractivity contribution in [3.05, 3.63) is 62.0 Å². The van der Waals surface area contributed by atoms with Crippen molar-refractivity contribution in [2.75, 3.05) is 0 Å². The van der Waals surface area contributed by atoms with Gasteiger partial charge in [-0.3, -0.25) is 0 Å². The number of fused-ring (bicyclic) bond motifs is 1. The molecule has 20 heavy (non-hydrogen) atoms. The highest BCUT2D eigenvalue weighted by molar-refractivity contribution is 7.19. The van der Waals surface area contributed by atoms with Crippen LogP contribution in [0, 0.1) is 0 Å². The highest BCUT2D eigenvalue weighted by Crippen LogP contribution is 2.33. The van der Waals surface area contributed by atoms with E-state index in [9.17, 15) is 0 Å². The maximum atomic E-state index is 6.16. The third kappa shape index (κ3) is 2.70. The Bertz CT molecular complexity index is 775. The minimum absolute atomic E-state index is 0.455. The number of hydrogen-bond donors (Lipinski definition) is 0. The predicted octanol–water partition coefficient (Wildman–Crippen LogP) is 6.43. The normalized spacial score (nSPS) is 11.6. The first-order valence-corrected chi connectivity index (χ1v) is 7.77. The molecule has 3 rings (SSSR count). The van der Waals surface area contributed by atoms with Crippen molar-refractivity contribution in [3.63, 3.8) is 0 Å². The molecular formula is C15H8Cl3NS. The van der Waals surface area contributed by atoms with Crippen molar-refractivity contribution in [1.29, 1.82) is 0 Å². The summed E-state index contributed by atoms with van der Waals surface area (Å²) < 4.78 is 1.15. The van der Waals surface area contributed by atoms with E-state index >= 15 is 0 Å². The van der Waals surface area contributed by atoms with E-state index in [0.29, 0.717) is 20.6 Å². The SMILES string of the molecule is Clc1ccc(Cl)c(C=Cc2nc3ccccc3s2)c1Cl. The van der Waals surface area contributed by atoms with E-state index in [-0.39, 0.29) is 0 Å². The number of para-hydroxylation sites is 1. The maximum absolute atomic E-state index is 6.16. The monoisotopic (exact) mass is 339 g/mol. The molecule has 0 radical (unpaired) electrons. The second kappa shape index (κ2) is 5.74. The van der Waals surface area contributed by atoms with Gasteiger partial charge >= 0.3 is 0 Å². The van der Waals surface area contributed by atoms with Crippen LogP contribution in [0.15, 0.2) is 36.4 Å². The highest BCUT2D eigenvalue weighted by atomic mass is 35.5. The Kier molecular flexibility index (Phi) is 3.99. The Morgan fingerprint density at radius 2 is 1.65 bits per heavy atom. The quantitative estimate of drug-likeness (QED) is 0.490. The fourth-order valence-corrected chi connectivity index (χ4v) is 3.34. The second-order valence-corrected chi connectivity index (χ2v) is 6.36. The molecule has 0 amide bonds. The van der Waals surface area contributed by atoms with Crippen LogP contribution in [0.1, 0.15) is 10.6 Å². The molecule has 0 unspecified atom stereocenters. The number of rotatable bonds is 2. The van der Waals surface area contributed by atoms with Crippen LogP contribution in [-0.2, 0) is 0 Å². The molecule has 100 valence electrons. The van der Waals surface area contributed by atoms with Crippen molar-refractivity contribution in [1.82, 2.24) is 4.98 Å². The molecule has 0 spiro atoms. The Morgan fingerprint density at radius 3 is 2.45 bits per heavy atom. The lowest BCUT2D eigenvalue weighted by molar-refractivity contribution is 1.46. The van der Waals surface area contributed by atoms with Gasteiger partial charge in [-0.15, -0.1) is 11.3 Å². The zero-order valence-corrected chi connectivity index (χ0v) is 13.2. The summed E-state index contributed by atoms with van der Waals surface area (Å²) in [5.41, 5.74) is 1.69. The smallest absolute Gasteiger partial charge is 0.117 e. The first-order chi connectivity index (χ1) is 9.65. The summed E-state index contributed by atoms with van der Waals surface area (Å²) in [6, 6.07) is 11.4. The summed E-state index contributed by atoms with van der Waals surface area (Å²) in [5, 5.41) is 2.41. The number of aromatic nitrogens is 1. The largest absolute Gasteiger partial charge is 0.237 e. The van der Waals surface area contributed by atoms with Crippen molar-refractivity contribution in [2.45, 2.75) is 0 Å². The highest BCUT2D eigenvalue weighted by Gasteiger charge is 2.07. The van der Waals surface area contributed by atoms with E-state index in [0.717, 1.165) is 15.2 Å². The molecule has 1 heterocycles. The maximum Gasteiger partial charge on any atom is 0.117 e. The third-order valence-corrected chi connectivity index (χ3v) is 4.93. The molecule has 1 aromatic heterocycles. The van der Waals surface area contributed by atoms with Crippen LogP contribution >= 0.6 is 46.1 Å². The number of benzene rings is 2. The lowest BCUT2D eigenvalue weighted by Crippen LogP contribution is -1.79. The van der Waals surface area contributed by atoms with Crippen LogP contribution < -0.4 is 0 Å². The molecule has 0 aliphatic rings. The van der Waals surface area contributed by atoms with Crippen LogP contribution in [0.3, 0.4) is 0 Å². The molecule has 2 aromatic carbocycles. The van der Waals surface area contributed by atoms with Crippen molar-refractivity contribution in [3.8, 4) is 0 Å². The second-order valence-electron chi connectivity index (χ2n) is 4.11. The van der Waals surface area contributed by atoms with Gasteiger partial charge in [-0.1, -0.05) is 46.9 Å². The molecule has 3 aromatic rings. The van der Waals surface area contributed by atoms with Crippen LogP contribution in [-0.4, -0.2) is 4.98 Å². The summed E-state index contributed by atoms with van der Waals surface area (Å²) in [4.78, 5) is 4.52. The van der Waals surface area contributed by atoms with Gasteiger partial charge in [-0.05, 0) is 36.4 Å². The molecule has 0 fully saturated rings. The number of hydrogen-bond acceptors (Lipinski definition) is 2. The van der Waals surface area contributed by atoms with Crippen molar-refractivity contribution < 1.29 is 0 Å². The first kappa shape index (κ1) is 13.9. The third-order valence-electron chi connectivity index (χ3n) is 2.78. The van der Waals surface area contributed by atoms with Crippen molar-refractivity contribution >= 4 is 68.5 Å². The van der Waals surface area contributed by atoms with Gasteiger partial charge in [0.1, 0.15) is 5.01 Å². The number of thiazole rings is 1.